The number of urea groups is 1. The number of anilines is 3. The quantitative estimate of drug-likeness (QED) is 0.439. The van der Waals surface area contributed by atoms with Crippen molar-refractivity contribution in [1.82, 2.24) is 10.3 Å². The molecular weight excluding hydrogens is 434 g/mol. The molecule has 3 N–H and O–H groups in total. The fraction of sp³-hybridized carbons (Fsp3) is 0.200. The van der Waals surface area contributed by atoms with E-state index in [-0.39, 0.29) is 12.5 Å². The van der Waals surface area contributed by atoms with Gasteiger partial charge in [0, 0.05) is 50.1 Å². The summed E-state index contributed by atoms with van der Waals surface area (Å²) in [5.74, 6) is -0.694. The van der Waals surface area contributed by atoms with Crippen molar-refractivity contribution < 1.29 is 19.1 Å². The first kappa shape index (κ1) is 24.2. The summed E-state index contributed by atoms with van der Waals surface area (Å²) in [5, 5.41) is 8.32. The maximum absolute atomic E-state index is 12.9. The maximum atomic E-state index is 12.9. The third-order valence-electron chi connectivity index (χ3n) is 4.81. The Hall–Kier alpha value is -4.40. The molecule has 0 aliphatic carbocycles. The van der Waals surface area contributed by atoms with Gasteiger partial charge in [0.05, 0.1) is 17.7 Å². The first-order chi connectivity index (χ1) is 16.4. The lowest BCUT2D eigenvalue weighted by Gasteiger charge is -2.18. The van der Waals surface area contributed by atoms with Crippen LogP contribution < -0.4 is 20.9 Å². The molecular formula is C25H27N5O4. The summed E-state index contributed by atoms with van der Waals surface area (Å²) in [6.45, 7) is 2.36. The van der Waals surface area contributed by atoms with E-state index in [1.807, 2.05) is 25.1 Å². The molecule has 0 saturated carbocycles. The highest BCUT2D eigenvalue weighted by atomic mass is 16.5. The summed E-state index contributed by atoms with van der Waals surface area (Å²) in [7, 11) is 3.68. The van der Waals surface area contributed by atoms with Crippen molar-refractivity contribution in [2.75, 3.05) is 36.2 Å². The van der Waals surface area contributed by atoms with E-state index in [0.717, 1.165) is 5.56 Å². The van der Waals surface area contributed by atoms with Crippen molar-refractivity contribution in [3.63, 3.8) is 0 Å². The van der Waals surface area contributed by atoms with Crippen LogP contribution in [-0.4, -0.2) is 43.6 Å². The fourth-order valence-corrected chi connectivity index (χ4v) is 3.16. The van der Waals surface area contributed by atoms with E-state index in [1.165, 1.54) is 0 Å². The summed E-state index contributed by atoms with van der Waals surface area (Å²) < 4.78 is 4.95. The van der Waals surface area contributed by atoms with Crippen LogP contribution in [0, 0.1) is 0 Å². The highest BCUT2D eigenvalue weighted by Gasteiger charge is 2.15. The molecule has 176 valence electrons. The summed E-state index contributed by atoms with van der Waals surface area (Å²) >= 11 is 0. The first-order valence-corrected chi connectivity index (χ1v) is 10.7. The molecule has 0 fully saturated rings. The van der Waals surface area contributed by atoms with Gasteiger partial charge in [-0.15, -0.1) is 0 Å². The molecule has 0 aliphatic heterocycles. The number of pyridine rings is 1. The molecule has 0 spiro atoms. The minimum absolute atomic E-state index is 0.272. The third-order valence-corrected chi connectivity index (χ3v) is 4.81. The van der Waals surface area contributed by atoms with Crippen LogP contribution in [0.4, 0.5) is 21.9 Å². The number of carbonyl (C=O) groups excluding carboxylic acids is 3. The van der Waals surface area contributed by atoms with Crippen molar-refractivity contribution in [1.29, 1.82) is 0 Å². The summed E-state index contributed by atoms with van der Waals surface area (Å²) in [6, 6.07) is 14.7. The van der Waals surface area contributed by atoms with Gasteiger partial charge in [0.1, 0.15) is 0 Å². The van der Waals surface area contributed by atoms with E-state index in [4.69, 9.17) is 4.74 Å². The topological polar surface area (TPSA) is 113 Å². The lowest BCUT2D eigenvalue weighted by molar-refractivity contribution is 0.0526. The van der Waals surface area contributed by atoms with Gasteiger partial charge in [-0.2, -0.15) is 0 Å². The van der Waals surface area contributed by atoms with Crippen LogP contribution >= 0.6 is 0 Å². The molecule has 0 bridgehead atoms. The number of ether oxygens (including phenoxy) is 1. The Morgan fingerprint density at radius 1 is 0.971 bits per heavy atom. The van der Waals surface area contributed by atoms with E-state index < -0.39 is 12.0 Å². The Labute approximate surface area is 198 Å². The minimum Gasteiger partial charge on any atom is -0.462 e. The second-order valence-corrected chi connectivity index (χ2v) is 7.55. The zero-order chi connectivity index (χ0) is 24.5. The van der Waals surface area contributed by atoms with Gasteiger partial charge in [0.2, 0.25) is 0 Å². The molecule has 3 aromatic rings. The second kappa shape index (κ2) is 11.5. The number of hydrogen-bond donors (Lipinski definition) is 3. The standard InChI is InChI=1S/C25H27N5O4/c1-4-34-24(32)18-7-9-19(10-8-18)28-25(33)29-20-11-12-22(30(2)3)21(14-20)23(31)27-16-17-6-5-13-26-15-17/h5-15H,4,16H2,1-3H3,(H,27,31)(H2,28,29,33). The van der Waals surface area contributed by atoms with Crippen LogP contribution in [-0.2, 0) is 11.3 Å². The van der Waals surface area contributed by atoms with Crippen molar-refractivity contribution in [3.8, 4) is 0 Å². The first-order valence-electron chi connectivity index (χ1n) is 10.7. The highest BCUT2D eigenvalue weighted by Crippen LogP contribution is 2.23. The van der Waals surface area contributed by atoms with E-state index in [9.17, 15) is 14.4 Å². The summed E-state index contributed by atoms with van der Waals surface area (Å²) in [5.41, 5.74) is 3.37. The van der Waals surface area contributed by atoms with Gasteiger partial charge in [-0.25, -0.2) is 9.59 Å². The van der Waals surface area contributed by atoms with Crippen LogP contribution in [0.2, 0.25) is 0 Å². The number of amides is 3. The van der Waals surface area contributed by atoms with Crippen molar-refractivity contribution in [2.45, 2.75) is 13.5 Å². The summed E-state index contributed by atoms with van der Waals surface area (Å²) in [6.07, 6.45) is 3.36. The number of benzene rings is 2. The van der Waals surface area contributed by atoms with E-state index in [1.54, 1.807) is 67.8 Å². The van der Waals surface area contributed by atoms with Gasteiger partial charge in [0.15, 0.2) is 0 Å². The maximum Gasteiger partial charge on any atom is 0.338 e. The average Bonchev–Trinajstić information content (AvgIpc) is 2.83. The monoisotopic (exact) mass is 461 g/mol. The average molecular weight is 462 g/mol. The van der Waals surface area contributed by atoms with E-state index in [2.05, 4.69) is 20.9 Å². The molecule has 3 amide bonds. The Balaban J connectivity index is 1.67. The summed E-state index contributed by atoms with van der Waals surface area (Å²) in [4.78, 5) is 43.0. The predicted molar refractivity (Wildman–Crippen MR) is 131 cm³/mol. The molecule has 9 heteroatoms. The van der Waals surface area contributed by atoms with Gasteiger partial charge >= 0.3 is 12.0 Å². The largest absolute Gasteiger partial charge is 0.462 e. The molecule has 1 heterocycles. The Morgan fingerprint density at radius 2 is 1.68 bits per heavy atom. The molecule has 34 heavy (non-hydrogen) atoms. The van der Waals surface area contributed by atoms with E-state index >= 15 is 0 Å². The number of hydrogen-bond acceptors (Lipinski definition) is 6. The van der Waals surface area contributed by atoms with Crippen LogP contribution in [0.25, 0.3) is 0 Å². The van der Waals surface area contributed by atoms with Crippen molar-refractivity contribution >= 4 is 35.0 Å². The van der Waals surface area contributed by atoms with Crippen LogP contribution in [0.5, 0.6) is 0 Å². The van der Waals surface area contributed by atoms with Crippen LogP contribution in [0.15, 0.2) is 67.0 Å². The minimum atomic E-state index is -0.483. The smallest absolute Gasteiger partial charge is 0.338 e. The molecule has 1 aromatic heterocycles. The molecule has 2 aromatic carbocycles. The fourth-order valence-electron chi connectivity index (χ4n) is 3.16. The zero-order valence-electron chi connectivity index (χ0n) is 19.3. The number of nitrogens with one attached hydrogen (secondary N) is 3. The lowest BCUT2D eigenvalue weighted by Crippen LogP contribution is -2.26. The second-order valence-electron chi connectivity index (χ2n) is 7.55. The van der Waals surface area contributed by atoms with Gasteiger partial charge in [-0.05, 0) is 61.0 Å². The normalized spacial score (nSPS) is 10.2. The third kappa shape index (κ3) is 6.55. The van der Waals surface area contributed by atoms with Gasteiger partial charge < -0.3 is 25.6 Å². The molecule has 0 aliphatic rings. The van der Waals surface area contributed by atoms with E-state index in [0.29, 0.717) is 34.7 Å². The Kier molecular flexibility index (Phi) is 8.17. The zero-order valence-corrected chi connectivity index (χ0v) is 19.3. The molecule has 0 radical (unpaired) electrons. The lowest BCUT2D eigenvalue weighted by atomic mass is 10.1. The van der Waals surface area contributed by atoms with Gasteiger partial charge in [0.25, 0.3) is 5.91 Å². The number of esters is 1. The highest BCUT2D eigenvalue weighted by molar-refractivity contribution is 6.04. The molecule has 0 saturated heterocycles. The molecule has 3 rings (SSSR count). The molecule has 0 atom stereocenters. The SMILES string of the molecule is CCOC(=O)c1ccc(NC(=O)Nc2ccc(N(C)C)c(C(=O)NCc3cccnc3)c2)cc1. The Bertz CT molecular complexity index is 1150. The molecule has 0 unspecified atom stereocenters. The van der Waals surface area contributed by atoms with Crippen LogP contribution in [0.1, 0.15) is 33.2 Å². The van der Waals surface area contributed by atoms with Crippen molar-refractivity contribution in [3.05, 3.63) is 83.7 Å². The van der Waals surface area contributed by atoms with Gasteiger partial charge in [-0.3, -0.25) is 9.78 Å². The number of aromatic nitrogens is 1. The predicted octanol–water partition coefficient (Wildman–Crippen LogP) is 3.90. The molecule has 9 nitrogen and oxygen atoms in total. The number of carbonyl (C=O) groups is 3. The van der Waals surface area contributed by atoms with Crippen LogP contribution in [0.3, 0.4) is 0 Å². The number of nitrogens with zero attached hydrogens (tertiary/aromatic N) is 2. The van der Waals surface area contributed by atoms with Crippen molar-refractivity contribution in [2.24, 2.45) is 0 Å². The Morgan fingerprint density at radius 3 is 2.32 bits per heavy atom. The number of rotatable bonds is 8. The van der Waals surface area contributed by atoms with Gasteiger partial charge in [-0.1, -0.05) is 6.07 Å².